The van der Waals surface area contributed by atoms with Crippen LogP contribution < -0.4 is 0 Å². The van der Waals surface area contributed by atoms with Gasteiger partial charge in [-0.25, -0.2) is 19.9 Å². The van der Waals surface area contributed by atoms with Crippen molar-refractivity contribution in [3.63, 3.8) is 0 Å². The third-order valence-electron chi connectivity index (χ3n) is 15.8. The van der Waals surface area contributed by atoms with Crippen LogP contribution in [0.4, 0.5) is 0 Å². The first kappa shape index (κ1) is 121. The topological polar surface area (TPSA) is 155 Å². The Balaban J connectivity index is -0.000000179. The molecule has 12 nitrogen and oxygen atoms in total. The molecular formula is C100H180N12. The summed E-state index contributed by atoms with van der Waals surface area (Å²) < 4.78 is 0. The summed E-state index contributed by atoms with van der Waals surface area (Å²) in [5, 5.41) is 8.30. The number of hydrogen-bond donors (Lipinski definition) is 0. The van der Waals surface area contributed by atoms with Crippen molar-refractivity contribution in [2.24, 2.45) is 0 Å². The van der Waals surface area contributed by atoms with Crippen LogP contribution in [-0.2, 0) is 0 Å². The number of hydrogen-bond acceptors (Lipinski definition) is 12. The van der Waals surface area contributed by atoms with E-state index < -0.39 is 0 Å². The van der Waals surface area contributed by atoms with Crippen molar-refractivity contribution in [3.05, 3.63) is 213 Å². The van der Waals surface area contributed by atoms with Gasteiger partial charge < -0.3 is 0 Å². The quantitative estimate of drug-likeness (QED) is 0.0904. The average Bonchev–Trinajstić information content (AvgIpc) is 0.952. The molecule has 0 aliphatic heterocycles. The van der Waals surface area contributed by atoms with Crippen LogP contribution in [0.3, 0.4) is 0 Å². The second-order valence-corrected chi connectivity index (χ2v) is 30.0. The van der Waals surface area contributed by atoms with Gasteiger partial charge in [-0.15, -0.1) is 0 Å². The maximum absolute atomic E-state index is 4.40. The molecule has 0 bridgehead atoms. The molecule has 640 valence electrons. The summed E-state index contributed by atoms with van der Waals surface area (Å²) in [4.78, 5) is 43.3. The van der Waals surface area contributed by atoms with Crippen LogP contribution in [0.15, 0.2) is 123 Å². The van der Waals surface area contributed by atoms with E-state index in [-0.39, 0.29) is 0 Å². The molecule has 0 aliphatic rings. The van der Waals surface area contributed by atoms with E-state index in [0.29, 0.717) is 94.7 Å². The van der Waals surface area contributed by atoms with E-state index in [2.05, 4.69) is 342 Å². The Labute approximate surface area is 696 Å². The summed E-state index contributed by atoms with van der Waals surface area (Å²) in [6.45, 7) is 101. The molecule has 8 aromatic rings. The highest BCUT2D eigenvalue weighted by Crippen LogP contribution is 2.23. The van der Waals surface area contributed by atoms with Gasteiger partial charge in [0.1, 0.15) is 11.6 Å². The van der Waals surface area contributed by atoms with Gasteiger partial charge in [0.2, 0.25) is 0 Å². The van der Waals surface area contributed by atoms with Crippen LogP contribution in [0.2, 0.25) is 0 Å². The van der Waals surface area contributed by atoms with Gasteiger partial charge in [0.25, 0.3) is 0 Å². The van der Waals surface area contributed by atoms with Gasteiger partial charge >= 0.3 is 0 Å². The molecule has 112 heavy (non-hydrogen) atoms. The summed E-state index contributed by atoms with van der Waals surface area (Å²) in [6.07, 6.45) is 19.2. The maximum atomic E-state index is 4.40. The van der Waals surface area contributed by atoms with Gasteiger partial charge in [-0.1, -0.05) is 369 Å². The molecule has 8 rings (SSSR count). The highest BCUT2D eigenvalue weighted by Gasteiger charge is 2.10. The largest absolute Gasteiger partial charge is 0.261 e. The predicted octanol–water partition coefficient (Wildman–Crippen LogP) is 32.4. The van der Waals surface area contributed by atoms with Crippen LogP contribution in [-0.4, -0.2) is 60.0 Å². The Kier molecular flexibility index (Phi) is 81.1. The number of rotatable bonds is 16. The lowest BCUT2D eigenvalue weighted by molar-refractivity contribution is 0.733. The van der Waals surface area contributed by atoms with Crippen molar-refractivity contribution >= 4 is 0 Å². The zero-order chi connectivity index (χ0) is 89.1. The van der Waals surface area contributed by atoms with Crippen LogP contribution in [0.5, 0.6) is 0 Å². The van der Waals surface area contributed by atoms with Gasteiger partial charge in [0.05, 0.1) is 34.2 Å². The monoisotopic (exact) mass is 1550 g/mol. The molecule has 1 aromatic carbocycles. The molecule has 0 saturated heterocycles. The van der Waals surface area contributed by atoms with Crippen molar-refractivity contribution in [1.82, 2.24) is 60.0 Å². The fourth-order valence-corrected chi connectivity index (χ4v) is 8.21. The Morgan fingerprint density at radius 3 is 0.411 bits per heavy atom. The minimum Gasteiger partial charge on any atom is -0.261 e. The second kappa shape index (κ2) is 75.3. The highest BCUT2D eigenvalue weighted by molar-refractivity contribution is 5.27. The first-order chi connectivity index (χ1) is 52.9. The van der Waals surface area contributed by atoms with Crippen molar-refractivity contribution in [3.8, 4) is 0 Å². The number of aromatic nitrogens is 12. The van der Waals surface area contributed by atoms with Gasteiger partial charge in [-0.2, -0.15) is 10.2 Å². The molecule has 0 aliphatic carbocycles. The van der Waals surface area contributed by atoms with Crippen molar-refractivity contribution < 1.29 is 0 Å². The summed E-state index contributed by atoms with van der Waals surface area (Å²) >= 11 is 0. The summed E-state index contributed by atoms with van der Waals surface area (Å²) in [5.41, 5.74) is 16.7. The summed E-state index contributed by atoms with van der Waals surface area (Å²) in [6, 6.07) is 21.7. The first-order valence-electron chi connectivity index (χ1n) is 44.0. The molecular weight excluding hydrogens is 1370 g/mol. The lowest BCUT2D eigenvalue weighted by atomic mass is 9.97. The van der Waals surface area contributed by atoms with Gasteiger partial charge in [0.15, 0.2) is 0 Å². The smallest absolute Gasteiger partial charge is 0.130 e. The predicted molar refractivity (Wildman–Crippen MR) is 501 cm³/mol. The SMILES string of the molecule is CC.CC.CC.CC.CC.CC.CC.CC.CC(C)c1ccc(C(C)C)cc1.CC(C)c1ccc(C(C)C)nc1.CC(C)c1ccc(C(C)C)nc1.CC(C)c1ccc(C(C)C)nn1.CC(C)c1cnc(C(C)C)cn1.CC(C)c1cnc(C(C)C)cn1.CC(C)c1cnc(C(C)C)nc1.CC(C)c1cnc(C(C)C)nc1. The van der Waals surface area contributed by atoms with Crippen molar-refractivity contribution in [1.29, 1.82) is 0 Å². The molecule has 0 unspecified atom stereocenters. The van der Waals surface area contributed by atoms with Gasteiger partial charge in [0, 0.05) is 85.2 Å². The highest BCUT2D eigenvalue weighted by atomic mass is 15.1. The first-order valence-corrected chi connectivity index (χ1v) is 44.0. The van der Waals surface area contributed by atoms with Crippen LogP contribution in [0.25, 0.3) is 0 Å². The van der Waals surface area contributed by atoms with E-state index in [1.54, 1.807) is 0 Å². The fraction of sp³-hybridized carbons (Fsp3) is 0.640. The van der Waals surface area contributed by atoms with E-state index in [4.69, 9.17) is 0 Å². The van der Waals surface area contributed by atoms with Crippen LogP contribution in [0.1, 0.15) is 518 Å². The molecule has 7 heterocycles. The molecule has 0 N–H and O–H groups in total. The van der Waals surface area contributed by atoms with Crippen LogP contribution in [0, 0.1) is 0 Å². The lowest BCUT2D eigenvalue weighted by Crippen LogP contribution is -1.99. The Hall–Kier alpha value is -7.08. The third kappa shape index (κ3) is 57.0. The minimum absolute atomic E-state index is 0.422. The molecule has 0 amide bonds. The normalized spacial score (nSPS) is 10.0. The van der Waals surface area contributed by atoms with E-state index >= 15 is 0 Å². The van der Waals surface area contributed by atoms with Crippen molar-refractivity contribution in [2.45, 2.75) is 427 Å². The minimum atomic E-state index is 0.422. The zero-order valence-corrected chi connectivity index (χ0v) is 82.2. The van der Waals surface area contributed by atoms with E-state index in [0.717, 1.165) is 45.8 Å². The summed E-state index contributed by atoms with van der Waals surface area (Å²) in [5.74, 6) is 10.1. The molecule has 0 atom stereocenters. The maximum Gasteiger partial charge on any atom is 0.130 e. The fourth-order valence-electron chi connectivity index (χ4n) is 8.21. The Morgan fingerprint density at radius 2 is 0.286 bits per heavy atom. The van der Waals surface area contributed by atoms with Crippen molar-refractivity contribution in [2.75, 3.05) is 0 Å². The lowest BCUT2D eigenvalue weighted by Gasteiger charge is -2.08. The Morgan fingerprint density at radius 1 is 0.134 bits per heavy atom. The molecule has 0 saturated carbocycles. The standard InChI is InChI=1S/C12H18.2C11H17N.5C10H16N2.8C2H6/c1-9(2)11-5-7-12(8-6-11)10(3)4;2*1-8(2)10-5-6-11(9(3)4)12-7-10;2*1-7(2)9-5-12-10(6-11-9)8(3)4;2*1-7(2)9-5-11-10(8(3)4)12-6-9;1-7(2)9-5-6-10(8(3)4)12-11-9;8*1-2/h5-10H,1-4H3;2*5-9H,1-4H3;5*5-8H,1-4H3;8*1-2H3. The van der Waals surface area contributed by atoms with Crippen LogP contribution >= 0.6 is 0 Å². The number of pyridine rings is 2. The number of benzene rings is 1. The molecule has 0 spiro atoms. The molecule has 7 aromatic heterocycles. The number of nitrogens with zero attached hydrogens (tertiary/aromatic N) is 12. The second-order valence-electron chi connectivity index (χ2n) is 30.0. The Bertz CT molecular complexity index is 2330. The van der Waals surface area contributed by atoms with Gasteiger partial charge in [-0.3, -0.25) is 29.9 Å². The van der Waals surface area contributed by atoms with E-state index in [1.807, 2.05) is 173 Å². The summed E-state index contributed by atoms with van der Waals surface area (Å²) in [7, 11) is 0. The molecule has 0 radical (unpaired) electrons. The zero-order valence-electron chi connectivity index (χ0n) is 82.2. The molecule has 0 fully saturated rings. The third-order valence-corrected chi connectivity index (χ3v) is 15.8. The molecule has 12 heteroatoms. The average molecular weight is 1550 g/mol. The van der Waals surface area contributed by atoms with E-state index in [1.165, 1.54) is 44.8 Å². The van der Waals surface area contributed by atoms with Gasteiger partial charge in [-0.05, 0) is 140 Å². The van der Waals surface area contributed by atoms with E-state index in [9.17, 15) is 0 Å².